The quantitative estimate of drug-likeness (QED) is 0.413. The Bertz CT molecular complexity index is 1050. The lowest BCUT2D eigenvalue weighted by molar-refractivity contribution is -0.156. The number of thiocarbonyl (C=S) groups is 1. The summed E-state index contributed by atoms with van der Waals surface area (Å²) in [5, 5.41) is 0.594. The van der Waals surface area contributed by atoms with Crippen LogP contribution in [0.5, 0.6) is 0 Å². The third kappa shape index (κ3) is 3.76. The molecular weight excluding hydrogens is 432 g/mol. The average Bonchev–Trinajstić information content (AvgIpc) is 3.17. The molecule has 1 atom stereocenters. The fourth-order valence-electron chi connectivity index (χ4n) is 2.91. The number of amides is 2. The maximum Gasteiger partial charge on any atom is 0.379 e. The molecule has 1 aromatic heterocycles. The predicted octanol–water partition coefficient (Wildman–Crippen LogP) is 1.54. The second-order valence-electron chi connectivity index (χ2n) is 6.17. The van der Waals surface area contributed by atoms with Gasteiger partial charge in [0.25, 0.3) is 11.8 Å². The second-order valence-corrected chi connectivity index (χ2v) is 8.75. The first-order valence-corrected chi connectivity index (χ1v) is 10.7. The van der Waals surface area contributed by atoms with Crippen LogP contribution in [0.1, 0.15) is 10.6 Å². The van der Waals surface area contributed by atoms with Gasteiger partial charge in [0.1, 0.15) is 25.9 Å². The summed E-state index contributed by atoms with van der Waals surface area (Å²) in [4.78, 5) is 47.9. The first kappa shape index (κ1) is 19.6. The highest BCUT2D eigenvalue weighted by atomic mass is 32.2. The minimum Gasteiger partial charge on any atom is -0.389 e. The molecule has 2 aliphatic heterocycles. The summed E-state index contributed by atoms with van der Waals surface area (Å²) in [7, 11) is 0. The first-order chi connectivity index (χ1) is 14.0. The van der Waals surface area contributed by atoms with Crippen molar-refractivity contribution in [1.29, 1.82) is 0 Å². The lowest BCUT2D eigenvalue weighted by Crippen LogP contribution is -2.61. The molecule has 2 aromatic rings. The number of benzene rings is 1. The number of β-lactam (4-membered cyclic amide) rings is 1. The number of thiazole rings is 1. The van der Waals surface area contributed by atoms with E-state index in [1.165, 1.54) is 34.2 Å². The summed E-state index contributed by atoms with van der Waals surface area (Å²) in [6, 6.07) is 9.04. The van der Waals surface area contributed by atoms with Crippen LogP contribution in [-0.4, -0.2) is 43.7 Å². The Kier molecular flexibility index (Phi) is 5.35. The van der Waals surface area contributed by atoms with E-state index in [0.29, 0.717) is 21.3 Å². The number of hydrogen-bond donors (Lipinski definition) is 2. The topological polar surface area (TPSA) is 115 Å². The Morgan fingerprint density at radius 1 is 1.34 bits per heavy atom. The van der Waals surface area contributed by atoms with Crippen LogP contribution in [0.2, 0.25) is 0 Å². The van der Waals surface area contributed by atoms with Crippen LogP contribution < -0.4 is 11.2 Å². The van der Waals surface area contributed by atoms with Crippen molar-refractivity contribution in [3.05, 3.63) is 52.8 Å². The number of carbonyl (C=O) groups is 3. The highest BCUT2D eigenvalue weighted by molar-refractivity contribution is 8.02. The first-order valence-electron chi connectivity index (χ1n) is 8.43. The number of hydrogen-bond acceptors (Lipinski definition) is 9. The van der Waals surface area contributed by atoms with Crippen molar-refractivity contribution in [3.8, 4) is 0 Å². The number of nitrogens with zero attached hydrogens (tertiary/aromatic N) is 2. The van der Waals surface area contributed by atoms with Crippen molar-refractivity contribution in [1.82, 2.24) is 15.4 Å². The summed E-state index contributed by atoms with van der Waals surface area (Å²) < 4.78 is 0. The van der Waals surface area contributed by atoms with Crippen molar-refractivity contribution in [2.24, 2.45) is 0 Å². The molecule has 2 amide bonds. The van der Waals surface area contributed by atoms with Gasteiger partial charge in [-0.3, -0.25) is 14.5 Å². The molecule has 8 nitrogen and oxygen atoms in total. The van der Waals surface area contributed by atoms with Crippen LogP contribution in [0.15, 0.2) is 42.2 Å². The molecule has 0 unspecified atom stereocenters. The Hall–Kier alpha value is -2.76. The third-order valence-electron chi connectivity index (χ3n) is 4.24. The fraction of sp³-hybridized carbons (Fsp3) is 0.167. The Morgan fingerprint density at radius 2 is 2.10 bits per heavy atom. The van der Waals surface area contributed by atoms with E-state index in [-0.39, 0.29) is 17.0 Å². The summed E-state index contributed by atoms with van der Waals surface area (Å²) in [5.41, 5.74) is 9.23. The minimum atomic E-state index is -0.851. The van der Waals surface area contributed by atoms with Gasteiger partial charge >= 0.3 is 5.97 Å². The zero-order valence-electron chi connectivity index (χ0n) is 14.8. The van der Waals surface area contributed by atoms with Crippen LogP contribution in [0.25, 0.3) is 5.57 Å². The fourth-order valence-corrected chi connectivity index (χ4v) is 5.33. The normalized spacial score (nSPS) is 18.2. The molecule has 3 N–H and O–H groups in total. The van der Waals surface area contributed by atoms with Gasteiger partial charge in [0.2, 0.25) is 0 Å². The molecule has 3 heterocycles. The maximum absolute atomic E-state index is 12.8. The third-order valence-corrected chi connectivity index (χ3v) is 6.89. The number of nitrogens with one attached hydrogen (secondary N) is 1. The van der Waals surface area contributed by atoms with Gasteiger partial charge in [-0.2, -0.15) is 5.48 Å². The van der Waals surface area contributed by atoms with Crippen LogP contribution in [0.3, 0.4) is 0 Å². The predicted molar refractivity (Wildman–Crippen MR) is 114 cm³/mol. The van der Waals surface area contributed by atoms with Crippen molar-refractivity contribution in [3.63, 3.8) is 0 Å². The van der Waals surface area contributed by atoms with Crippen molar-refractivity contribution in [2.45, 2.75) is 11.8 Å². The number of fused-ring (bicyclic) bond motifs is 1. The van der Waals surface area contributed by atoms with Gasteiger partial charge in [0.15, 0.2) is 0 Å². The summed E-state index contributed by atoms with van der Waals surface area (Å²) in [6.07, 6.45) is 1.53. The van der Waals surface area contributed by atoms with Gasteiger partial charge in [-0.15, -0.1) is 11.8 Å². The average molecular weight is 447 g/mol. The Labute approximate surface area is 179 Å². The smallest absolute Gasteiger partial charge is 0.379 e. The van der Waals surface area contributed by atoms with Crippen molar-refractivity contribution < 1.29 is 19.2 Å². The standard InChI is InChI=1S/C18H14N4O4S3/c19-11-7-20-15(29-11)10-8-28-17-14(27)16(24)22(17)13(10)18(25)26-21-12(23)6-9-4-2-1-3-5-9/h1-5,7,17H,6,8,19H2,(H,21,23)/t17-/m0/s1. The summed E-state index contributed by atoms with van der Waals surface area (Å²) in [6.45, 7) is 0. The van der Waals surface area contributed by atoms with Crippen molar-refractivity contribution in [2.75, 3.05) is 11.5 Å². The van der Waals surface area contributed by atoms with Gasteiger partial charge in [-0.05, 0) is 5.56 Å². The van der Waals surface area contributed by atoms with E-state index in [1.807, 2.05) is 18.2 Å². The molecule has 29 heavy (non-hydrogen) atoms. The highest BCUT2D eigenvalue weighted by Crippen LogP contribution is 2.43. The lowest BCUT2D eigenvalue weighted by atomic mass is 10.1. The molecule has 0 aliphatic carbocycles. The number of nitrogens with two attached hydrogens (primary N) is 1. The monoisotopic (exact) mass is 446 g/mol. The number of carbonyl (C=O) groups excluding carboxylic acids is 3. The molecule has 0 saturated carbocycles. The van der Waals surface area contributed by atoms with E-state index in [4.69, 9.17) is 22.8 Å². The Balaban J connectivity index is 1.54. The highest BCUT2D eigenvalue weighted by Gasteiger charge is 2.51. The largest absolute Gasteiger partial charge is 0.389 e. The number of nitrogen functional groups attached to an aromatic ring is 1. The molecule has 2 aliphatic rings. The zero-order valence-corrected chi connectivity index (χ0v) is 17.2. The lowest BCUT2D eigenvalue weighted by Gasteiger charge is -2.44. The molecule has 11 heteroatoms. The molecule has 0 bridgehead atoms. The van der Waals surface area contributed by atoms with Crippen molar-refractivity contribution >= 4 is 68.5 Å². The molecule has 1 fully saturated rings. The van der Waals surface area contributed by atoms with E-state index in [0.717, 1.165) is 5.56 Å². The van der Waals surface area contributed by atoms with E-state index >= 15 is 0 Å². The number of anilines is 1. The molecule has 1 aromatic carbocycles. The number of hydroxylamine groups is 1. The number of aromatic nitrogens is 1. The van der Waals surface area contributed by atoms with E-state index in [1.54, 1.807) is 12.1 Å². The molecular formula is C18H14N4O4S3. The minimum absolute atomic E-state index is 0.0294. The van der Waals surface area contributed by atoms with Gasteiger partial charge in [-0.1, -0.05) is 53.9 Å². The van der Waals surface area contributed by atoms with Crippen LogP contribution in [-0.2, 0) is 25.6 Å². The summed E-state index contributed by atoms with van der Waals surface area (Å²) in [5.74, 6) is -1.36. The molecule has 4 rings (SSSR count). The van der Waals surface area contributed by atoms with Gasteiger partial charge in [0.05, 0.1) is 12.6 Å². The summed E-state index contributed by atoms with van der Waals surface area (Å²) >= 11 is 7.71. The molecule has 148 valence electrons. The maximum atomic E-state index is 12.8. The Morgan fingerprint density at radius 3 is 2.79 bits per heavy atom. The SMILES string of the molecule is Nc1cnc(C2=C(C(=O)ONC(=O)Cc3ccccc3)N3C(=O)C(=S)[C@@H]3SC2)s1. The molecule has 0 radical (unpaired) electrons. The zero-order chi connectivity index (χ0) is 20.5. The van der Waals surface area contributed by atoms with Crippen LogP contribution >= 0.6 is 35.3 Å². The number of rotatable bonds is 4. The number of thioether (sulfide) groups is 1. The van der Waals surface area contributed by atoms with Crippen LogP contribution in [0.4, 0.5) is 5.00 Å². The van der Waals surface area contributed by atoms with Gasteiger partial charge in [0, 0.05) is 11.3 Å². The molecule has 0 spiro atoms. The van der Waals surface area contributed by atoms with Gasteiger partial charge < -0.3 is 10.6 Å². The molecule has 1 saturated heterocycles. The van der Waals surface area contributed by atoms with E-state index in [9.17, 15) is 14.4 Å². The van der Waals surface area contributed by atoms with E-state index in [2.05, 4.69) is 10.5 Å². The van der Waals surface area contributed by atoms with E-state index < -0.39 is 23.2 Å². The second kappa shape index (κ2) is 7.93. The van der Waals surface area contributed by atoms with Crippen LogP contribution in [0, 0.1) is 0 Å². The van der Waals surface area contributed by atoms with Gasteiger partial charge in [-0.25, -0.2) is 9.78 Å².